The van der Waals surface area contributed by atoms with E-state index in [2.05, 4.69) is 10.5 Å². The normalized spacial score (nSPS) is 11.6. The lowest BCUT2D eigenvalue weighted by atomic mass is 9.90. The molecule has 32 heavy (non-hydrogen) atoms. The molecule has 0 saturated heterocycles. The maximum atomic E-state index is 13.1. The monoisotopic (exact) mass is 427 g/mol. The van der Waals surface area contributed by atoms with Crippen LogP contribution >= 0.6 is 0 Å². The molecule has 3 aromatic carbocycles. The average molecular weight is 427 g/mol. The number of nitrogens with zero attached hydrogens (tertiary/aromatic N) is 1. The fraction of sp³-hybridized carbons (Fsp3) is 0.0800. The van der Waals surface area contributed by atoms with Gasteiger partial charge in [0.05, 0.1) is 5.92 Å². The second-order valence-electron chi connectivity index (χ2n) is 7.23. The molecular weight excluding hydrogens is 406 g/mol. The lowest BCUT2D eigenvalue weighted by Crippen LogP contribution is -2.27. The molecule has 0 spiro atoms. The zero-order valence-electron chi connectivity index (χ0n) is 17.3. The van der Waals surface area contributed by atoms with Crippen LogP contribution in [-0.4, -0.2) is 22.2 Å². The van der Waals surface area contributed by atoms with E-state index in [0.717, 1.165) is 5.56 Å². The number of anilines is 1. The van der Waals surface area contributed by atoms with Gasteiger partial charge in [-0.3, -0.25) is 14.8 Å². The first-order valence-corrected chi connectivity index (χ1v) is 10.0. The molecule has 0 aliphatic carbocycles. The molecule has 0 aliphatic heterocycles. The minimum Gasteiger partial charge on any atom is -0.360 e. The first kappa shape index (κ1) is 21.0. The first-order valence-electron chi connectivity index (χ1n) is 10.0. The Morgan fingerprint density at radius 1 is 0.906 bits per heavy atom. The molecule has 4 rings (SSSR count). The largest absolute Gasteiger partial charge is 0.360 e. The summed E-state index contributed by atoms with van der Waals surface area (Å²) in [6.07, 6.45) is 0. The predicted octanol–water partition coefficient (Wildman–Crippen LogP) is 4.54. The van der Waals surface area contributed by atoms with E-state index in [1.165, 1.54) is 0 Å². The summed E-state index contributed by atoms with van der Waals surface area (Å²) in [5, 5.41) is 16.2. The molecule has 7 heteroatoms. The van der Waals surface area contributed by atoms with E-state index in [-0.39, 0.29) is 5.91 Å². The van der Waals surface area contributed by atoms with E-state index in [9.17, 15) is 14.8 Å². The number of hydroxylamine groups is 1. The van der Waals surface area contributed by atoms with Crippen LogP contribution < -0.4 is 10.8 Å². The average Bonchev–Trinajstić information content (AvgIpc) is 3.22. The van der Waals surface area contributed by atoms with Gasteiger partial charge in [0.2, 0.25) is 0 Å². The third-order valence-corrected chi connectivity index (χ3v) is 5.12. The molecule has 3 N–H and O–H groups in total. The van der Waals surface area contributed by atoms with Crippen molar-refractivity contribution in [2.24, 2.45) is 0 Å². The molecule has 7 nitrogen and oxygen atoms in total. The summed E-state index contributed by atoms with van der Waals surface area (Å²) >= 11 is 0. The molecule has 0 saturated carbocycles. The number of hydrogen-bond donors (Lipinski definition) is 3. The fourth-order valence-electron chi connectivity index (χ4n) is 3.63. The number of rotatable bonds is 6. The predicted molar refractivity (Wildman–Crippen MR) is 119 cm³/mol. The van der Waals surface area contributed by atoms with E-state index in [1.54, 1.807) is 48.8 Å². The van der Waals surface area contributed by atoms with Crippen LogP contribution in [0.15, 0.2) is 89.5 Å². The molecule has 0 aliphatic rings. The smallest absolute Gasteiger partial charge is 0.261 e. The van der Waals surface area contributed by atoms with Crippen LogP contribution in [0.3, 0.4) is 0 Å². The van der Waals surface area contributed by atoms with E-state index in [1.807, 2.05) is 48.5 Å². The highest BCUT2D eigenvalue weighted by Crippen LogP contribution is 2.29. The van der Waals surface area contributed by atoms with Crippen molar-refractivity contribution < 1.29 is 19.3 Å². The third kappa shape index (κ3) is 4.28. The third-order valence-electron chi connectivity index (χ3n) is 5.12. The van der Waals surface area contributed by atoms with Gasteiger partial charge in [-0.15, -0.1) is 0 Å². The van der Waals surface area contributed by atoms with Crippen LogP contribution in [0.1, 0.15) is 33.2 Å². The number of carbonyl (C=O) groups excluding carboxylic acids is 2. The maximum Gasteiger partial charge on any atom is 0.261 e. The number of amides is 2. The Labute approximate surface area is 184 Å². The molecule has 1 atom stereocenters. The van der Waals surface area contributed by atoms with E-state index in [4.69, 9.17) is 4.52 Å². The van der Waals surface area contributed by atoms with Crippen molar-refractivity contribution in [3.05, 3.63) is 107 Å². The number of nitrogens with one attached hydrogen (secondary N) is 2. The topological polar surface area (TPSA) is 104 Å². The van der Waals surface area contributed by atoms with Crippen molar-refractivity contribution in [2.75, 3.05) is 5.32 Å². The lowest BCUT2D eigenvalue weighted by molar-refractivity contribution is -0.129. The van der Waals surface area contributed by atoms with Crippen molar-refractivity contribution in [2.45, 2.75) is 12.8 Å². The molecule has 160 valence electrons. The molecule has 4 aromatic rings. The number of aromatic nitrogens is 1. The van der Waals surface area contributed by atoms with E-state index < -0.39 is 11.8 Å². The van der Waals surface area contributed by atoms with Crippen LogP contribution in [-0.2, 0) is 4.79 Å². The lowest BCUT2D eigenvalue weighted by Gasteiger charge is -2.17. The second-order valence-corrected chi connectivity index (χ2v) is 7.23. The van der Waals surface area contributed by atoms with Crippen molar-refractivity contribution in [1.29, 1.82) is 0 Å². The summed E-state index contributed by atoms with van der Waals surface area (Å²) < 4.78 is 5.28. The minimum absolute atomic E-state index is 0.342. The van der Waals surface area contributed by atoms with Gasteiger partial charge in [-0.05, 0) is 30.2 Å². The van der Waals surface area contributed by atoms with Gasteiger partial charge >= 0.3 is 0 Å². The second kappa shape index (κ2) is 9.28. The van der Waals surface area contributed by atoms with E-state index in [0.29, 0.717) is 33.8 Å². The molecule has 0 radical (unpaired) electrons. The summed E-state index contributed by atoms with van der Waals surface area (Å²) in [6.45, 7) is 1.68. The molecule has 1 aromatic heterocycles. The Morgan fingerprint density at radius 3 is 2.25 bits per heavy atom. The van der Waals surface area contributed by atoms with Crippen LogP contribution in [0.5, 0.6) is 0 Å². The molecule has 1 unspecified atom stereocenters. The number of hydrogen-bond acceptors (Lipinski definition) is 5. The Kier molecular flexibility index (Phi) is 6.10. The van der Waals surface area contributed by atoms with Crippen molar-refractivity contribution >= 4 is 17.5 Å². The summed E-state index contributed by atoms with van der Waals surface area (Å²) in [7, 11) is 0. The Hall–Kier alpha value is -4.23. The van der Waals surface area contributed by atoms with Gasteiger partial charge < -0.3 is 9.84 Å². The van der Waals surface area contributed by atoms with Crippen molar-refractivity contribution in [1.82, 2.24) is 10.6 Å². The highest BCUT2D eigenvalue weighted by atomic mass is 16.5. The van der Waals surface area contributed by atoms with Crippen molar-refractivity contribution in [3.8, 4) is 11.3 Å². The van der Waals surface area contributed by atoms with Gasteiger partial charge in [0.15, 0.2) is 0 Å². The van der Waals surface area contributed by atoms with Gasteiger partial charge in [-0.2, -0.15) is 0 Å². The van der Waals surface area contributed by atoms with Crippen LogP contribution in [0, 0.1) is 6.92 Å². The van der Waals surface area contributed by atoms with E-state index >= 15 is 0 Å². The van der Waals surface area contributed by atoms with Gasteiger partial charge in [-0.1, -0.05) is 78.0 Å². The number of aryl methyl sites for hydroxylation is 1. The van der Waals surface area contributed by atoms with Gasteiger partial charge in [-0.25, -0.2) is 5.48 Å². The van der Waals surface area contributed by atoms with Crippen LogP contribution in [0.25, 0.3) is 11.3 Å². The SMILES string of the molecule is Cc1onc(-c2ccccc2)c1C(=O)Nc1cccc(C(C(=O)NO)c2ccccc2)c1. The zero-order chi connectivity index (χ0) is 22.5. The summed E-state index contributed by atoms with van der Waals surface area (Å²) in [5.41, 5.74) is 5.13. The van der Waals surface area contributed by atoms with Gasteiger partial charge in [0, 0.05) is 11.3 Å². The van der Waals surface area contributed by atoms with Crippen molar-refractivity contribution in [3.63, 3.8) is 0 Å². The Balaban J connectivity index is 1.65. The fourth-order valence-corrected chi connectivity index (χ4v) is 3.63. The van der Waals surface area contributed by atoms with Gasteiger partial charge in [0.1, 0.15) is 17.0 Å². The molecule has 2 amide bonds. The summed E-state index contributed by atoms with van der Waals surface area (Å²) in [5.74, 6) is -1.28. The Bertz CT molecular complexity index is 1240. The molecular formula is C25H21N3O4. The Morgan fingerprint density at radius 2 is 1.56 bits per heavy atom. The summed E-state index contributed by atoms with van der Waals surface area (Å²) in [4.78, 5) is 25.5. The summed E-state index contributed by atoms with van der Waals surface area (Å²) in [6, 6.07) is 25.3. The van der Waals surface area contributed by atoms with Gasteiger partial charge in [0.25, 0.3) is 11.8 Å². The number of benzene rings is 3. The number of carbonyl (C=O) groups is 2. The minimum atomic E-state index is -0.741. The molecule has 1 heterocycles. The highest BCUT2D eigenvalue weighted by molar-refractivity contribution is 6.08. The zero-order valence-corrected chi connectivity index (χ0v) is 17.3. The standard InChI is InChI=1S/C25H21N3O4/c1-16-21(23(28-32-16)18-11-6-3-7-12-18)24(29)26-20-14-8-13-19(15-20)22(25(30)27-31)17-9-4-2-5-10-17/h2-15,22,31H,1H3,(H,26,29)(H,27,30). The quantitative estimate of drug-likeness (QED) is 0.310. The van der Waals surface area contributed by atoms with Crippen LogP contribution in [0.4, 0.5) is 5.69 Å². The molecule has 0 bridgehead atoms. The molecule has 0 fully saturated rings. The highest BCUT2D eigenvalue weighted by Gasteiger charge is 2.24. The maximum absolute atomic E-state index is 13.1. The van der Waals surface area contributed by atoms with Crippen LogP contribution in [0.2, 0.25) is 0 Å². The first-order chi connectivity index (χ1) is 15.6.